The van der Waals surface area contributed by atoms with E-state index in [0.29, 0.717) is 27.2 Å². The average molecular weight is 460 g/mol. The monoisotopic (exact) mass is 459 g/mol. The Morgan fingerprint density at radius 1 is 1.19 bits per heavy atom. The number of thioether (sulfide) groups is 1. The Bertz CT molecular complexity index is 1280. The quantitative estimate of drug-likeness (QED) is 0.465. The largest absolute Gasteiger partial charge is 0.332 e. The van der Waals surface area contributed by atoms with Gasteiger partial charge in [0.25, 0.3) is 5.56 Å². The number of anilines is 1. The van der Waals surface area contributed by atoms with Gasteiger partial charge in [0.15, 0.2) is 5.65 Å². The minimum atomic E-state index is -0.464. The molecule has 4 rings (SSSR count). The van der Waals surface area contributed by atoms with Gasteiger partial charge in [0, 0.05) is 30.7 Å². The Hall–Kier alpha value is -2.65. The normalized spacial score (nSPS) is 14.3. The van der Waals surface area contributed by atoms with Crippen LogP contribution >= 0.6 is 23.4 Å². The third kappa shape index (κ3) is 4.38. The molecule has 1 fully saturated rings. The third-order valence-electron chi connectivity index (χ3n) is 5.45. The van der Waals surface area contributed by atoms with Crippen molar-refractivity contribution in [2.24, 2.45) is 14.1 Å². The van der Waals surface area contributed by atoms with E-state index in [1.54, 1.807) is 31.3 Å². The number of aromatic nitrogens is 4. The molecular formula is C21H22ClN5O3S. The van der Waals surface area contributed by atoms with Gasteiger partial charge in [-0.2, -0.15) is 0 Å². The summed E-state index contributed by atoms with van der Waals surface area (Å²) in [6.07, 6.45) is 4.16. The first kappa shape index (κ1) is 21.6. The number of nitrogens with zero attached hydrogens (tertiary/aromatic N) is 4. The van der Waals surface area contributed by atoms with E-state index in [2.05, 4.69) is 15.3 Å². The van der Waals surface area contributed by atoms with Crippen LogP contribution in [-0.2, 0) is 18.9 Å². The Morgan fingerprint density at radius 2 is 1.94 bits per heavy atom. The van der Waals surface area contributed by atoms with E-state index in [-0.39, 0.29) is 23.0 Å². The number of halogens is 1. The predicted octanol–water partition coefficient (Wildman–Crippen LogP) is 3.07. The number of nitrogens with one attached hydrogen (secondary N) is 1. The highest BCUT2D eigenvalue weighted by Gasteiger charge is 2.24. The highest BCUT2D eigenvalue weighted by Crippen LogP contribution is 2.34. The highest BCUT2D eigenvalue weighted by molar-refractivity contribution is 8.00. The van der Waals surface area contributed by atoms with Crippen LogP contribution in [0.15, 0.2) is 38.9 Å². The number of rotatable bonds is 5. The molecule has 1 amide bonds. The molecule has 3 aromatic rings. The summed E-state index contributed by atoms with van der Waals surface area (Å²) >= 11 is 7.13. The maximum absolute atomic E-state index is 12.9. The first-order valence-corrected chi connectivity index (χ1v) is 11.4. The lowest BCUT2D eigenvalue weighted by Gasteiger charge is -2.14. The van der Waals surface area contributed by atoms with Crippen molar-refractivity contribution in [3.63, 3.8) is 0 Å². The number of aryl methyl sites for hydroxylation is 1. The maximum atomic E-state index is 12.9. The summed E-state index contributed by atoms with van der Waals surface area (Å²) in [5.74, 6) is 0.631. The number of carbonyl (C=O) groups excluding carboxylic acids is 1. The molecule has 1 saturated carbocycles. The Balaban J connectivity index is 1.70. The Kier molecular flexibility index (Phi) is 6.15. The molecule has 1 aromatic carbocycles. The molecule has 0 radical (unpaired) electrons. The van der Waals surface area contributed by atoms with Gasteiger partial charge in [0.05, 0.1) is 5.75 Å². The zero-order valence-corrected chi connectivity index (χ0v) is 18.8. The number of hydrogen-bond donors (Lipinski definition) is 1. The lowest BCUT2D eigenvalue weighted by atomic mass is 10.1. The molecule has 1 N–H and O–H groups in total. The van der Waals surface area contributed by atoms with Gasteiger partial charge in [-0.1, -0.05) is 42.3 Å². The molecule has 10 heteroatoms. The molecule has 1 aliphatic carbocycles. The molecule has 0 aliphatic heterocycles. The van der Waals surface area contributed by atoms with Crippen LogP contribution in [0.4, 0.5) is 5.69 Å². The van der Waals surface area contributed by atoms with Crippen molar-refractivity contribution in [2.45, 2.75) is 36.6 Å². The number of hydrogen-bond acceptors (Lipinski definition) is 6. The van der Waals surface area contributed by atoms with E-state index in [0.717, 1.165) is 30.3 Å². The lowest BCUT2D eigenvalue weighted by molar-refractivity contribution is -0.113. The van der Waals surface area contributed by atoms with Gasteiger partial charge < -0.3 is 5.32 Å². The average Bonchev–Trinajstić information content (AvgIpc) is 3.29. The second-order valence-corrected chi connectivity index (χ2v) is 9.02. The Labute approximate surface area is 187 Å². The molecule has 0 bridgehead atoms. The fraction of sp³-hybridized carbons (Fsp3) is 0.381. The van der Waals surface area contributed by atoms with Gasteiger partial charge in [-0.15, -0.1) is 0 Å². The summed E-state index contributed by atoms with van der Waals surface area (Å²) < 4.78 is 2.41. The van der Waals surface area contributed by atoms with Crippen molar-refractivity contribution in [3.05, 3.63) is 56.0 Å². The van der Waals surface area contributed by atoms with Crippen LogP contribution in [0.1, 0.15) is 37.4 Å². The highest BCUT2D eigenvalue weighted by atomic mass is 35.5. The molecule has 0 spiro atoms. The van der Waals surface area contributed by atoms with Crippen LogP contribution in [0.5, 0.6) is 0 Å². The van der Waals surface area contributed by atoms with Gasteiger partial charge >= 0.3 is 5.69 Å². The third-order valence-corrected chi connectivity index (χ3v) is 6.66. The molecule has 0 saturated heterocycles. The molecule has 2 aromatic heterocycles. The van der Waals surface area contributed by atoms with Gasteiger partial charge in [0.1, 0.15) is 16.2 Å². The standard InChI is InChI=1S/C21H22ClN5O3S/c1-26-18-16(20(29)27(2)21(26)30)19(25-17(24-18)12-6-3-4-7-12)31-11-15(28)23-14-9-5-8-13(22)10-14/h5,8-10,12H,3-4,6-7,11H2,1-2H3,(H,23,28). The Morgan fingerprint density at radius 3 is 2.65 bits per heavy atom. The molecule has 0 atom stereocenters. The molecule has 2 heterocycles. The van der Waals surface area contributed by atoms with Crippen molar-refractivity contribution in [1.29, 1.82) is 0 Å². The number of carbonyl (C=O) groups is 1. The van der Waals surface area contributed by atoms with Crippen molar-refractivity contribution in [1.82, 2.24) is 19.1 Å². The van der Waals surface area contributed by atoms with Crippen molar-refractivity contribution >= 4 is 46.0 Å². The summed E-state index contributed by atoms with van der Waals surface area (Å²) in [6, 6.07) is 6.89. The second-order valence-electron chi connectivity index (χ2n) is 7.62. The summed E-state index contributed by atoms with van der Waals surface area (Å²) in [5.41, 5.74) is -0.00427. The minimum absolute atomic E-state index is 0.0503. The van der Waals surface area contributed by atoms with Gasteiger partial charge in [0.2, 0.25) is 5.91 Å². The van der Waals surface area contributed by atoms with Crippen molar-refractivity contribution in [2.75, 3.05) is 11.1 Å². The van der Waals surface area contributed by atoms with Crippen LogP contribution < -0.4 is 16.6 Å². The summed E-state index contributed by atoms with van der Waals surface area (Å²) in [7, 11) is 3.02. The smallest absolute Gasteiger partial charge is 0.325 e. The van der Waals surface area contributed by atoms with E-state index >= 15 is 0 Å². The zero-order chi connectivity index (χ0) is 22.1. The lowest BCUT2D eigenvalue weighted by Crippen LogP contribution is -2.38. The van der Waals surface area contributed by atoms with E-state index in [1.807, 2.05) is 0 Å². The molecule has 31 heavy (non-hydrogen) atoms. The van der Waals surface area contributed by atoms with E-state index in [9.17, 15) is 14.4 Å². The van der Waals surface area contributed by atoms with Crippen molar-refractivity contribution in [3.8, 4) is 0 Å². The molecule has 8 nitrogen and oxygen atoms in total. The predicted molar refractivity (Wildman–Crippen MR) is 122 cm³/mol. The second kappa shape index (κ2) is 8.84. The van der Waals surface area contributed by atoms with E-state index in [4.69, 9.17) is 11.6 Å². The first-order chi connectivity index (χ1) is 14.8. The molecule has 0 unspecified atom stereocenters. The maximum Gasteiger partial charge on any atom is 0.332 e. The summed E-state index contributed by atoms with van der Waals surface area (Å²) in [6.45, 7) is 0. The van der Waals surface area contributed by atoms with Crippen LogP contribution in [0.3, 0.4) is 0 Å². The first-order valence-electron chi connectivity index (χ1n) is 10.0. The minimum Gasteiger partial charge on any atom is -0.325 e. The molecule has 162 valence electrons. The number of amides is 1. The number of fused-ring (bicyclic) bond motifs is 1. The van der Waals surface area contributed by atoms with Crippen molar-refractivity contribution < 1.29 is 4.79 Å². The van der Waals surface area contributed by atoms with Crippen LogP contribution in [0, 0.1) is 0 Å². The molecule has 1 aliphatic rings. The van der Waals surface area contributed by atoms with Gasteiger partial charge in [-0.25, -0.2) is 14.8 Å². The zero-order valence-electron chi connectivity index (χ0n) is 17.2. The summed E-state index contributed by atoms with van der Waals surface area (Å²) in [5, 5.41) is 3.99. The van der Waals surface area contributed by atoms with E-state index < -0.39 is 11.2 Å². The molecular weight excluding hydrogens is 438 g/mol. The SMILES string of the molecule is Cn1c(=O)c2c(SCC(=O)Nc3cccc(Cl)c3)nc(C3CCCC3)nc2n(C)c1=O. The number of benzene rings is 1. The summed E-state index contributed by atoms with van der Waals surface area (Å²) in [4.78, 5) is 47.1. The van der Waals surface area contributed by atoms with E-state index in [1.165, 1.54) is 23.4 Å². The van der Waals surface area contributed by atoms with Crippen LogP contribution in [0.2, 0.25) is 5.02 Å². The fourth-order valence-corrected chi connectivity index (χ4v) is 4.82. The van der Waals surface area contributed by atoms with Crippen LogP contribution in [0.25, 0.3) is 11.0 Å². The topological polar surface area (TPSA) is 98.9 Å². The van der Waals surface area contributed by atoms with Gasteiger partial charge in [-0.3, -0.25) is 18.7 Å². The fourth-order valence-electron chi connectivity index (χ4n) is 3.81. The van der Waals surface area contributed by atoms with Gasteiger partial charge in [-0.05, 0) is 31.0 Å². The van der Waals surface area contributed by atoms with Crippen LogP contribution in [-0.4, -0.2) is 30.8 Å².